The Morgan fingerprint density at radius 1 is 0.581 bits per heavy atom. The first-order valence-corrected chi connectivity index (χ1v) is 18.4. The molecule has 0 aliphatic heterocycles. The van der Waals surface area contributed by atoms with Crippen molar-refractivity contribution in [3.05, 3.63) is 48.1 Å². The largest absolute Gasteiger partial charge is 0.462 e. The third-order valence-electron chi connectivity index (χ3n) is 8.00. The van der Waals surface area contributed by atoms with Gasteiger partial charge in [-0.3, -0.25) is 4.79 Å². The van der Waals surface area contributed by atoms with E-state index in [1.54, 1.807) is 5.57 Å². The summed E-state index contributed by atoms with van der Waals surface area (Å²) in [5.74, 6) is -0.00498. The van der Waals surface area contributed by atoms with Crippen LogP contribution in [0.25, 0.3) is 0 Å². The second kappa shape index (κ2) is 33.3. The van der Waals surface area contributed by atoms with E-state index >= 15 is 0 Å². The van der Waals surface area contributed by atoms with E-state index in [1.165, 1.54) is 116 Å². The molecule has 0 aliphatic rings. The number of carbonyl (C=O) groups is 1. The number of allylic oxidation sites excluding steroid dienone is 8. The van der Waals surface area contributed by atoms with Gasteiger partial charge in [0.2, 0.25) is 0 Å². The van der Waals surface area contributed by atoms with E-state index in [0.29, 0.717) is 6.42 Å². The van der Waals surface area contributed by atoms with Gasteiger partial charge in [-0.2, -0.15) is 0 Å². The van der Waals surface area contributed by atoms with Crippen molar-refractivity contribution in [1.82, 2.24) is 4.90 Å². The lowest BCUT2D eigenvalue weighted by Crippen LogP contribution is -2.20. The third kappa shape index (κ3) is 33.1. The predicted octanol–water partition coefficient (Wildman–Crippen LogP) is 12.5. The Bertz CT molecular complexity index is 718. The summed E-state index contributed by atoms with van der Waals surface area (Å²) < 4.78 is 5.97. The molecule has 0 aromatic heterocycles. The van der Waals surface area contributed by atoms with Crippen molar-refractivity contribution in [3.63, 3.8) is 0 Å². The molecule has 0 saturated carbocycles. The van der Waals surface area contributed by atoms with Gasteiger partial charge in [-0.15, -0.1) is 0 Å². The quantitative estimate of drug-likeness (QED) is 0.0451. The monoisotopic (exact) mass is 600 g/mol. The number of hydrogen-bond acceptors (Lipinski definition) is 3. The third-order valence-corrected chi connectivity index (χ3v) is 8.00. The molecule has 1 unspecified atom stereocenters. The maximum absolute atomic E-state index is 12.5. The first kappa shape index (κ1) is 41.4. The fourth-order valence-corrected chi connectivity index (χ4v) is 5.23. The summed E-state index contributed by atoms with van der Waals surface area (Å²) in [5.41, 5.74) is 1.56. The number of nitrogens with zero attached hydrogens (tertiary/aromatic N) is 1. The van der Waals surface area contributed by atoms with Crippen LogP contribution < -0.4 is 0 Å². The fourth-order valence-electron chi connectivity index (χ4n) is 5.23. The Hall–Kier alpha value is -1.61. The van der Waals surface area contributed by atoms with Crippen LogP contribution in [0.4, 0.5) is 0 Å². The minimum absolute atomic E-state index is 0.00498. The minimum atomic E-state index is -0.00498. The zero-order valence-corrected chi connectivity index (χ0v) is 29.6. The Morgan fingerprint density at radius 3 is 1.53 bits per heavy atom. The lowest BCUT2D eigenvalue weighted by atomic mass is 10.0. The second-order valence-electron chi connectivity index (χ2n) is 12.9. The van der Waals surface area contributed by atoms with E-state index in [9.17, 15) is 4.79 Å². The molecule has 0 aromatic carbocycles. The van der Waals surface area contributed by atoms with E-state index in [0.717, 1.165) is 38.6 Å². The molecule has 0 aromatic rings. The maximum Gasteiger partial charge on any atom is 0.306 e. The molecule has 43 heavy (non-hydrogen) atoms. The number of unbranched alkanes of at least 4 members (excludes halogenated alkanes) is 13. The Labute approximate surface area is 269 Å². The minimum Gasteiger partial charge on any atom is -0.462 e. The lowest BCUT2D eigenvalue weighted by molar-refractivity contribution is -0.150. The highest BCUT2D eigenvalue weighted by molar-refractivity contribution is 5.69. The highest BCUT2D eigenvalue weighted by Crippen LogP contribution is 2.17. The molecule has 250 valence electrons. The molecule has 0 radical (unpaired) electrons. The summed E-state index contributed by atoms with van der Waals surface area (Å²) in [6.45, 7) is 7.69. The highest BCUT2D eigenvalue weighted by Gasteiger charge is 2.14. The van der Waals surface area contributed by atoms with Gasteiger partial charge in [-0.25, -0.2) is 0 Å². The van der Waals surface area contributed by atoms with Gasteiger partial charge >= 0.3 is 5.97 Å². The predicted molar refractivity (Wildman–Crippen MR) is 192 cm³/mol. The SMILES string of the molecule is CCC/C=C\CCCC/C=C\CCCCCC(CCCCC/C=C\CCCC/C(C)=C\CCC)OC(=O)CCCN(C)C. The van der Waals surface area contributed by atoms with Crippen LogP contribution in [-0.4, -0.2) is 37.6 Å². The fraction of sp³-hybridized carbons (Fsp3) is 0.775. The van der Waals surface area contributed by atoms with Crippen LogP contribution in [0.2, 0.25) is 0 Å². The van der Waals surface area contributed by atoms with Crippen LogP contribution in [-0.2, 0) is 9.53 Å². The molecule has 0 N–H and O–H groups in total. The maximum atomic E-state index is 12.5. The number of ether oxygens (including phenoxy) is 1. The topological polar surface area (TPSA) is 29.5 Å². The Balaban J connectivity index is 4.12. The number of esters is 1. The van der Waals surface area contributed by atoms with Crippen molar-refractivity contribution in [2.75, 3.05) is 20.6 Å². The molecule has 1 atom stereocenters. The van der Waals surface area contributed by atoms with Crippen molar-refractivity contribution in [3.8, 4) is 0 Å². The molecule has 0 saturated heterocycles. The molecule has 3 heteroatoms. The normalized spacial score (nSPS) is 13.3. The summed E-state index contributed by atoms with van der Waals surface area (Å²) in [4.78, 5) is 14.6. The summed E-state index contributed by atoms with van der Waals surface area (Å²) in [7, 11) is 4.11. The van der Waals surface area contributed by atoms with E-state index in [2.05, 4.69) is 82.3 Å². The number of rotatable bonds is 31. The zero-order valence-electron chi connectivity index (χ0n) is 29.6. The molecule has 3 nitrogen and oxygen atoms in total. The van der Waals surface area contributed by atoms with E-state index < -0.39 is 0 Å². The van der Waals surface area contributed by atoms with Gasteiger partial charge in [0.15, 0.2) is 0 Å². The van der Waals surface area contributed by atoms with Crippen molar-refractivity contribution in [2.45, 2.75) is 181 Å². The molecule has 0 fully saturated rings. The van der Waals surface area contributed by atoms with Crippen molar-refractivity contribution in [1.29, 1.82) is 0 Å². The van der Waals surface area contributed by atoms with Crippen molar-refractivity contribution in [2.24, 2.45) is 0 Å². The van der Waals surface area contributed by atoms with Crippen LogP contribution in [0.3, 0.4) is 0 Å². The van der Waals surface area contributed by atoms with Crippen LogP contribution in [0.5, 0.6) is 0 Å². The van der Waals surface area contributed by atoms with Crippen molar-refractivity contribution >= 4 is 5.97 Å². The lowest BCUT2D eigenvalue weighted by Gasteiger charge is -2.18. The van der Waals surface area contributed by atoms with Gasteiger partial charge in [-0.1, -0.05) is 87.6 Å². The zero-order chi connectivity index (χ0) is 31.6. The van der Waals surface area contributed by atoms with Crippen LogP contribution in [0, 0.1) is 0 Å². The van der Waals surface area contributed by atoms with Gasteiger partial charge in [0, 0.05) is 6.42 Å². The Kier molecular flexibility index (Phi) is 32.0. The standard InChI is InChI=1S/C40H73NO2/c1-6-8-10-11-12-13-14-15-16-17-20-23-26-29-34-39(43-40(42)36-31-37-41(4)5)35-30-27-24-21-18-19-22-25-28-33-38(3)32-9-7-2/h10-11,16-19,32,39H,6-9,12-15,20-31,33-37H2,1-5H3/b11-10-,17-16-,19-18-,38-32-. The van der Waals surface area contributed by atoms with E-state index in [4.69, 9.17) is 4.74 Å². The van der Waals surface area contributed by atoms with Crippen LogP contribution >= 0.6 is 0 Å². The molecule has 0 heterocycles. The average molecular weight is 600 g/mol. The smallest absolute Gasteiger partial charge is 0.306 e. The first-order valence-electron chi connectivity index (χ1n) is 18.4. The van der Waals surface area contributed by atoms with Crippen LogP contribution in [0.15, 0.2) is 48.1 Å². The number of hydrogen-bond donors (Lipinski definition) is 0. The van der Waals surface area contributed by atoms with Crippen LogP contribution in [0.1, 0.15) is 175 Å². The second-order valence-corrected chi connectivity index (χ2v) is 12.9. The molecule has 0 spiro atoms. The highest BCUT2D eigenvalue weighted by atomic mass is 16.5. The van der Waals surface area contributed by atoms with Gasteiger partial charge in [-0.05, 0) is 150 Å². The molecule has 0 rings (SSSR count). The average Bonchev–Trinajstić information content (AvgIpc) is 2.98. The molecular formula is C40H73NO2. The van der Waals surface area contributed by atoms with Crippen molar-refractivity contribution < 1.29 is 9.53 Å². The van der Waals surface area contributed by atoms with Gasteiger partial charge in [0.25, 0.3) is 0 Å². The first-order chi connectivity index (χ1) is 21.0. The number of carbonyl (C=O) groups excluding carboxylic acids is 1. The van der Waals surface area contributed by atoms with Gasteiger partial charge in [0.1, 0.15) is 6.10 Å². The van der Waals surface area contributed by atoms with Gasteiger partial charge in [0.05, 0.1) is 0 Å². The molecular weight excluding hydrogens is 526 g/mol. The summed E-state index contributed by atoms with van der Waals surface area (Å²) in [5, 5.41) is 0. The van der Waals surface area contributed by atoms with E-state index in [-0.39, 0.29) is 12.1 Å². The van der Waals surface area contributed by atoms with Gasteiger partial charge < -0.3 is 9.64 Å². The summed E-state index contributed by atoms with van der Waals surface area (Å²) >= 11 is 0. The molecule has 0 bridgehead atoms. The summed E-state index contributed by atoms with van der Waals surface area (Å²) in [6.07, 6.45) is 44.7. The molecule has 0 aliphatic carbocycles. The summed E-state index contributed by atoms with van der Waals surface area (Å²) in [6, 6.07) is 0. The molecule has 0 amide bonds. The Morgan fingerprint density at radius 2 is 1.05 bits per heavy atom. The van der Waals surface area contributed by atoms with E-state index in [1.807, 2.05) is 0 Å².